The Balaban J connectivity index is 1.61. The summed E-state index contributed by atoms with van der Waals surface area (Å²) in [6.45, 7) is 4.01. The molecular weight excluding hydrogens is 222 g/mol. The lowest BCUT2D eigenvalue weighted by molar-refractivity contribution is 0.0146. The van der Waals surface area contributed by atoms with Crippen molar-refractivity contribution >= 4 is 0 Å². The summed E-state index contributed by atoms with van der Waals surface area (Å²) in [5.74, 6) is 0.934. The molecule has 3 aliphatic rings. The van der Waals surface area contributed by atoms with Gasteiger partial charge in [0.1, 0.15) is 0 Å². The minimum Gasteiger partial charge on any atom is -0.317 e. The van der Waals surface area contributed by atoms with Crippen molar-refractivity contribution in [3.05, 3.63) is 0 Å². The van der Waals surface area contributed by atoms with Crippen molar-refractivity contribution < 1.29 is 0 Å². The molecule has 0 spiro atoms. The third-order valence-corrected chi connectivity index (χ3v) is 5.49. The molecule has 0 aromatic rings. The van der Waals surface area contributed by atoms with Gasteiger partial charge in [-0.15, -0.1) is 0 Å². The van der Waals surface area contributed by atoms with Crippen LogP contribution in [0, 0.1) is 5.92 Å². The van der Waals surface area contributed by atoms with Crippen LogP contribution in [0.3, 0.4) is 0 Å². The monoisotopic (exact) mass is 251 g/mol. The smallest absolute Gasteiger partial charge is 0.0113 e. The zero-order valence-electron chi connectivity index (χ0n) is 12.1. The van der Waals surface area contributed by atoms with E-state index in [0.29, 0.717) is 0 Å². The molecule has 3 aliphatic heterocycles. The van der Waals surface area contributed by atoms with Crippen molar-refractivity contribution in [2.45, 2.75) is 56.7 Å². The Bertz CT molecular complexity index is 267. The SMILES string of the molecule is CNC1CC2CCCC(C1)N2CC1CCN(C)C1. The highest BCUT2D eigenvalue weighted by Crippen LogP contribution is 2.35. The average molecular weight is 251 g/mol. The number of nitrogens with one attached hydrogen (secondary N) is 1. The summed E-state index contributed by atoms with van der Waals surface area (Å²) in [6, 6.07) is 2.53. The van der Waals surface area contributed by atoms with E-state index in [1.807, 2.05) is 0 Å². The average Bonchev–Trinajstić information content (AvgIpc) is 2.74. The van der Waals surface area contributed by atoms with Gasteiger partial charge in [-0.05, 0) is 58.7 Å². The lowest BCUT2D eigenvalue weighted by Gasteiger charge is -2.49. The van der Waals surface area contributed by atoms with Gasteiger partial charge in [0.15, 0.2) is 0 Å². The topological polar surface area (TPSA) is 18.5 Å². The van der Waals surface area contributed by atoms with Crippen LogP contribution in [0.25, 0.3) is 0 Å². The van der Waals surface area contributed by atoms with Gasteiger partial charge in [-0.25, -0.2) is 0 Å². The summed E-state index contributed by atoms with van der Waals surface area (Å²) in [7, 11) is 4.41. The number of likely N-dealkylation sites (tertiary alicyclic amines) is 1. The molecule has 2 bridgehead atoms. The highest BCUT2D eigenvalue weighted by molar-refractivity contribution is 4.95. The van der Waals surface area contributed by atoms with E-state index in [2.05, 4.69) is 29.2 Å². The fraction of sp³-hybridized carbons (Fsp3) is 1.00. The number of piperidine rings is 2. The Morgan fingerprint density at radius 3 is 2.39 bits per heavy atom. The van der Waals surface area contributed by atoms with Gasteiger partial charge < -0.3 is 10.2 Å². The van der Waals surface area contributed by atoms with E-state index in [1.54, 1.807) is 0 Å². The van der Waals surface area contributed by atoms with Gasteiger partial charge in [0.2, 0.25) is 0 Å². The molecule has 0 radical (unpaired) electrons. The van der Waals surface area contributed by atoms with Crippen LogP contribution in [0.4, 0.5) is 0 Å². The maximum Gasteiger partial charge on any atom is 0.0113 e. The molecule has 3 atom stereocenters. The number of hydrogen-bond acceptors (Lipinski definition) is 3. The number of fused-ring (bicyclic) bond motifs is 2. The normalized spacial score (nSPS) is 42.3. The fourth-order valence-corrected chi connectivity index (χ4v) is 4.49. The molecule has 1 N–H and O–H groups in total. The molecule has 18 heavy (non-hydrogen) atoms. The molecule has 3 unspecified atom stereocenters. The van der Waals surface area contributed by atoms with Crippen LogP contribution in [0.5, 0.6) is 0 Å². The first-order valence-electron chi connectivity index (χ1n) is 7.88. The Hall–Kier alpha value is -0.120. The van der Waals surface area contributed by atoms with Gasteiger partial charge in [-0.1, -0.05) is 6.42 Å². The standard InChI is InChI=1S/C15H29N3/c1-16-13-8-14-4-3-5-15(9-13)18(14)11-12-6-7-17(2)10-12/h12-16H,3-11H2,1-2H3. The van der Waals surface area contributed by atoms with Gasteiger partial charge in [0.25, 0.3) is 0 Å². The summed E-state index contributed by atoms with van der Waals surface area (Å²) >= 11 is 0. The van der Waals surface area contributed by atoms with Gasteiger partial charge in [0.05, 0.1) is 0 Å². The summed E-state index contributed by atoms with van der Waals surface area (Å²) in [5, 5.41) is 3.52. The summed E-state index contributed by atoms with van der Waals surface area (Å²) in [5.41, 5.74) is 0. The minimum absolute atomic E-state index is 0.780. The van der Waals surface area contributed by atoms with E-state index >= 15 is 0 Å². The molecule has 0 aromatic carbocycles. The summed E-state index contributed by atoms with van der Waals surface area (Å²) < 4.78 is 0. The first-order chi connectivity index (χ1) is 8.76. The Labute approximate surface area is 112 Å². The van der Waals surface area contributed by atoms with Gasteiger partial charge in [-0.2, -0.15) is 0 Å². The molecule has 3 nitrogen and oxygen atoms in total. The van der Waals surface area contributed by atoms with E-state index in [4.69, 9.17) is 0 Å². The molecule has 0 aromatic heterocycles. The second-order valence-electron chi connectivity index (χ2n) is 6.81. The second-order valence-corrected chi connectivity index (χ2v) is 6.81. The third kappa shape index (κ3) is 2.59. The van der Waals surface area contributed by atoms with Crippen LogP contribution in [0.1, 0.15) is 38.5 Å². The van der Waals surface area contributed by atoms with Crippen LogP contribution in [-0.4, -0.2) is 61.7 Å². The van der Waals surface area contributed by atoms with E-state index in [-0.39, 0.29) is 0 Å². The van der Waals surface area contributed by atoms with Crippen molar-refractivity contribution in [3.8, 4) is 0 Å². The van der Waals surface area contributed by atoms with Crippen LogP contribution >= 0.6 is 0 Å². The predicted octanol–water partition coefficient (Wildman–Crippen LogP) is 1.54. The fourth-order valence-electron chi connectivity index (χ4n) is 4.49. The number of rotatable bonds is 3. The Morgan fingerprint density at radius 1 is 1.11 bits per heavy atom. The van der Waals surface area contributed by atoms with Crippen LogP contribution < -0.4 is 5.32 Å². The highest BCUT2D eigenvalue weighted by atomic mass is 15.2. The quantitative estimate of drug-likeness (QED) is 0.821. The zero-order valence-corrected chi connectivity index (χ0v) is 12.1. The highest BCUT2D eigenvalue weighted by Gasteiger charge is 2.39. The predicted molar refractivity (Wildman–Crippen MR) is 75.8 cm³/mol. The van der Waals surface area contributed by atoms with Crippen molar-refractivity contribution in [2.75, 3.05) is 33.7 Å². The van der Waals surface area contributed by atoms with Crippen molar-refractivity contribution in [1.29, 1.82) is 0 Å². The minimum atomic E-state index is 0.780. The lowest BCUT2D eigenvalue weighted by atomic mass is 9.81. The van der Waals surface area contributed by atoms with Gasteiger partial charge >= 0.3 is 0 Å². The largest absolute Gasteiger partial charge is 0.317 e. The van der Waals surface area contributed by atoms with Crippen LogP contribution in [-0.2, 0) is 0 Å². The molecule has 3 rings (SSSR count). The lowest BCUT2D eigenvalue weighted by Crippen LogP contribution is -2.57. The first kappa shape index (κ1) is 12.9. The van der Waals surface area contributed by atoms with Crippen LogP contribution in [0.15, 0.2) is 0 Å². The van der Waals surface area contributed by atoms with Gasteiger partial charge in [-0.3, -0.25) is 4.90 Å². The molecular formula is C15H29N3. The van der Waals surface area contributed by atoms with Crippen molar-refractivity contribution in [2.24, 2.45) is 5.92 Å². The van der Waals surface area contributed by atoms with E-state index in [0.717, 1.165) is 24.0 Å². The van der Waals surface area contributed by atoms with Crippen molar-refractivity contribution in [1.82, 2.24) is 15.1 Å². The Kier molecular flexibility index (Phi) is 3.92. The molecule has 0 saturated carbocycles. The first-order valence-corrected chi connectivity index (χ1v) is 7.88. The second kappa shape index (κ2) is 5.48. The maximum absolute atomic E-state index is 3.52. The van der Waals surface area contributed by atoms with Crippen LogP contribution in [0.2, 0.25) is 0 Å². The molecule has 104 valence electrons. The number of nitrogens with zero attached hydrogens (tertiary/aromatic N) is 2. The molecule has 3 fully saturated rings. The van der Waals surface area contributed by atoms with E-state index in [9.17, 15) is 0 Å². The molecule has 0 aliphatic carbocycles. The summed E-state index contributed by atoms with van der Waals surface area (Å²) in [4.78, 5) is 5.39. The van der Waals surface area contributed by atoms with Crippen molar-refractivity contribution in [3.63, 3.8) is 0 Å². The summed E-state index contributed by atoms with van der Waals surface area (Å²) in [6.07, 6.45) is 8.54. The van der Waals surface area contributed by atoms with E-state index in [1.165, 1.54) is 58.2 Å². The molecule has 0 amide bonds. The molecule has 3 heterocycles. The molecule has 3 heteroatoms. The number of hydrogen-bond donors (Lipinski definition) is 1. The zero-order chi connectivity index (χ0) is 12.5. The van der Waals surface area contributed by atoms with E-state index < -0.39 is 0 Å². The van der Waals surface area contributed by atoms with Gasteiger partial charge in [0, 0.05) is 31.2 Å². The maximum atomic E-state index is 3.52. The Morgan fingerprint density at radius 2 is 1.83 bits per heavy atom. The third-order valence-electron chi connectivity index (χ3n) is 5.49. The molecule has 3 saturated heterocycles.